The normalized spacial score (nSPS) is 19.7. The lowest BCUT2D eigenvalue weighted by molar-refractivity contribution is 0.0161. The summed E-state index contributed by atoms with van der Waals surface area (Å²) in [7, 11) is 0. The van der Waals surface area contributed by atoms with Crippen LogP contribution in [0, 0.1) is 12.3 Å². The largest absolute Gasteiger partial charge is 0.455 e. The van der Waals surface area contributed by atoms with Gasteiger partial charge in [0.1, 0.15) is 5.76 Å². The van der Waals surface area contributed by atoms with Crippen molar-refractivity contribution in [2.24, 2.45) is 5.41 Å². The molecule has 0 saturated carbocycles. The van der Waals surface area contributed by atoms with Crippen LogP contribution in [0.2, 0.25) is 5.02 Å². The molecule has 166 valence electrons. The van der Waals surface area contributed by atoms with Crippen molar-refractivity contribution in [1.29, 1.82) is 0 Å². The molecule has 1 atom stereocenters. The third-order valence-corrected chi connectivity index (χ3v) is 6.43. The molecule has 6 nitrogen and oxygen atoms in total. The van der Waals surface area contributed by atoms with Crippen LogP contribution >= 0.6 is 11.6 Å². The lowest BCUT2D eigenvalue weighted by atomic mass is 9.76. The number of ketones is 1. The molecule has 1 amide bonds. The Morgan fingerprint density at radius 2 is 1.87 bits per heavy atom. The lowest BCUT2D eigenvalue weighted by Gasteiger charge is -2.34. The second-order valence-electron chi connectivity index (χ2n) is 9.22. The number of nitrogens with one attached hydrogen (secondary N) is 1. The number of carbonyl (C=O) groups excluding carboxylic acids is 2. The summed E-state index contributed by atoms with van der Waals surface area (Å²) in [4.78, 5) is 28.0. The minimum atomic E-state index is -0.287. The average molecular weight is 445 g/mol. The van der Waals surface area contributed by atoms with E-state index in [1.54, 1.807) is 6.92 Å². The Morgan fingerprint density at radius 1 is 1.19 bits per heavy atom. The van der Waals surface area contributed by atoms with E-state index in [0.29, 0.717) is 54.5 Å². The highest BCUT2D eigenvalue weighted by molar-refractivity contribution is 6.30. The SMILES string of the molecule is Cc1c(C(=O)NCC(c2ccc(Cl)cc2)N2CCOCC2)oc2c1C(=O)CC(C)(C)C2. The van der Waals surface area contributed by atoms with Crippen molar-refractivity contribution in [3.8, 4) is 0 Å². The highest BCUT2D eigenvalue weighted by Gasteiger charge is 2.37. The van der Waals surface area contributed by atoms with E-state index in [1.807, 2.05) is 38.1 Å². The monoisotopic (exact) mass is 444 g/mol. The molecule has 1 saturated heterocycles. The fourth-order valence-electron chi connectivity index (χ4n) is 4.60. The van der Waals surface area contributed by atoms with Crippen LogP contribution in [0.25, 0.3) is 0 Å². The standard InChI is InChI=1S/C24H29ClN2O4/c1-15-21-19(28)12-24(2,3)13-20(21)31-22(15)23(29)26-14-18(27-8-10-30-11-9-27)16-4-6-17(25)7-5-16/h4-7,18H,8-14H2,1-3H3,(H,26,29). The van der Waals surface area contributed by atoms with Gasteiger partial charge in [-0.15, -0.1) is 0 Å². The Morgan fingerprint density at radius 3 is 2.55 bits per heavy atom. The van der Waals surface area contributed by atoms with Gasteiger partial charge < -0.3 is 14.5 Å². The van der Waals surface area contributed by atoms with E-state index < -0.39 is 0 Å². The van der Waals surface area contributed by atoms with Crippen LogP contribution in [-0.2, 0) is 11.2 Å². The van der Waals surface area contributed by atoms with Gasteiger partial charge in [0.2, 0.25) is 0 Å². The Hall–Kier alpha value is -2.15. The number of rotatable bonds is 5. The third-order valence-electron chi connectivity index (χ3n) is 6.18. The van der Waals surface area contributed by atoms with Crippen LogP contribution in [-0.4, -0.2) is 49.4 Å². The molecule has 0 bridgehead atoms. The third kappa shape index (κ3) is 4.71. The molecule has 1 aliphatic carbocycles. The molecular weight excluding hydrogens is 416 g/mol. The molecule has 2 aromatic rings. The summed E-state index contributed by atoms with van der Waals surface area (Å²) >= 11 is 6.07. The second kappa shape index (κ2) is 8.77. The van der Waals surface area contributed by atoms with Crippen LogP contribution in [0.4, 0.5) is 0 Å². The summed E-state index contributed by atoms with van der Waals surface area (Å²) in [5.41, 5.74) is 2.16. The number of hydrogen-bond donors (Lipinski definition) is 1. The van der Waals surface area contributed by atoms with Crippen LogP contribution in [0.1, 0.15) is 64.1 Å². The summed E-state index contributed by atoms with van der Waals surface area (Å²) in [6.07, 6.45) is 1.13. The molecule has 1 aromatic carbocycles. The minimum Gasteiger partial charge on any atom is -0.455 e. The molecular formula is C24H29ClN2O4. The van der Waals surface area contributed by atoms with Gasteiger partial charge in [0.25, 0.3) is 5.91 Å². The second-order valence-corrected chi connectivity index (χ2v) is 9.66. The smallest absolute Gasteiger partial charge is 0.287 e. The zero-order valence-electron chi connectivity index (χ0n) is 18.3. The van der Waals surface area contributed by atoms with Crippen LogP contribution < -0.4 is 5.32 Å². The number of furan rings is 1. The van der Waals surface area contributed by atoms with E-state index in [-0.39, 0.29) is 28.9 Å². The van der Waals surface area contributed by atoms with Gasteiger partial charge in [0, 0.05) is 43.1 Å². The first kappa shape index (κ1) is 22.1. The summed E-state index contributed by atoms with van der Waals surface area (Å²) < 4.78 is 11.4. The number of Topliss-reactive ketones (excluding diaryl/α,β-unsaturated/α-hetero) is 1. The van der Waals surface area contributed by atoms with Gasteiger partial charge in [0.15, 0.2) is 11.5 Å². The van der Waals surface area contributed by atoms with Gasteiger partial charge in [-0.05, 0) is 30.0 Å². The minimum absolute atomic E-state index is 0.00410. The van der Waals surface area contributed by atoms with Crippen molar-refractivity contribution >= 4 is 23.3 Å². The number of benzene rings is 1. The molecule has 2 aliphatic rings. The Kier molecular flexibility index (Phi) is 6.24. The van der Waals surface area contributed by atoms with E-state index in [4.69, 9.17) is 20.8 Å². The molecule has 1 aromatic heterocycles. The van der Waals surface area contributed by atoms with E-state index in [9.17, 15) is 9.59 Å². The van der Waals surface area contributed by atoms with Crippen molar-refractivity contribution < 1.29 is 18.7 Å². The summed E-state index contributed by atoms with van der Waals surface area (Å²) in [5, 5.41) is 3.71. The molecule has 0 spiro atoms. The summed E-state index contributed by atoms with van der Waals surface area (Å²) in [5.74, 6) is 0.642. The number of halogens is 1. The number of morpholine rings is 1. The van der Waals surface area contributed by atoms with Crippen molar-refractivity contribution in [3.63, 3.8) is 0 Å². The van der Waals surface area contributed by atoms with Crippen molar-refractivity contribution in [2.45, 2.75) is 39.7 Å². The molecule has 31 heavy (non-hydrogen) atoms. The summed E-state index contributed by atoms with van der Waals surface area (Å²) in [6.45, 7) is 9.23. The highest BCUT2D eigenvalue weighted by Crippen LogP contribution is 2.38. The first-order chi connectivity index (χ1) is 14.7. The zero-order valence-corrected chi connectivity index (χ0v) is 19.1. The van der Waals surface area contributed by atoms with E-state index >= 15 is 0 Å². The molecule has 2 heterocycles. The van der Waals surface area contributed by atoms with E-state index in [2.05, 4.69) is 10.2 Å². The van der Waals surface area contributed by atoms with Crippen LogP contribution in [0.5, 0.6) is 0 Å². The molecule has 1 N–H and O–H groups in total. The van der Waals surface area contributed by atoms with Gasteiger partial charge in [-0.25, -0.2) is 0 Å². The Labute approximate surface area is 187 Å². The molecule has 1 unspecified atom stereocenters. The van der Waals surface area contributed by atoms with Gasteiger partial charge in [-0.3, -0.25) is 14.5 Å². The predicted octanol–water partition coefficient (Wildman–Crippen LogP) is 4.20. The first-order valence-electron chi connectivity index (χ1n) is 10.8. The van der Waals surface area contributed by atoms with Gasteiger partial charge >= 0.3 is 0 Å². The lowest BCUT2D eigenvalue weighted by Crippen LogP contribution is -2.43. The molecule has 1 fully saturated rings. The fraction of sp³-hybridized carbons (Fsp3) is 0.500. The maximum atomic E-state index is 13.0. The molecule has 7 heteroatoms. The van der Waals surface area contributed by atoms with Gasteiger partial charge in [0.05, 0.1) is 24.8 Å². The van der Waals surface area contributed by atoms with Crippen molar-refractivity contribution in [2.75, 3.05) is 32.8 Å². The Balaban J connectivity index is 1.53. The predicted molar refractivity (Wildman–Crippen MR) is 119 cm³/mol. The first-order valence-corrected chi connectivity index (χ1v) is 11.1. The Bertz CT molecular complexity index is 974. The maximum absolute atomic E-state index is 13.0. The van der Waals surface area contributed by atoms with E-state index in [1.165, 1.54) is 0 Å². The van der Waals surface area contributed by atoms with Crippen LogP contribution in [0.15, 0.2) is 28.7 Å². The highest BCUT2D eigenvalue weighted by atomic mass is 35.5. The molecule has 0 radical (unpaired) electrons. The fourth-order valence-corrected chi connectivity index (χ4v) is 4.73. The number of amides is 1. The molecule has 1 aliphatic heterocycles. The number of ether oxygens (including phenoxy) is 1. The summed E-state index contributed by atoms with van der Waals surface area (Å²) in [6, 6.07) is 7.71. The zero-order chi connectivity index (χ0) is 22.2. The quantitative estimate of drug-likeness (QED) is 0.748. The number of carbonyl (C=O) groups is 2. The number of hydrogen-bond acceptors (Lipinski definition) is 5. The van der Waals surface area contributed by atoms with E-state index in [0.717, 1.165) is 18.7 Å². The van der Waals surface area contributed by atoms with Gasteiger partial charge in [-0.2, -0.15) is 0 Å². The van der Waals surface area contributed by atoms with Crippen LogP contribution in [0.3, 0.4) is 0 Å². The number of nitrogens with zero attached hydrogens (tertiary/aromatic N) is 1. The topological polar surface area (TPSA) is 71.8 Å². The number of fused-ring (bicyclic) bond motifs is 1. The molecule has 4 rings (SSSR count). The van der Waals surface area contributed by atoms with Crippen molar-refractivity contribution in [3.05, 3.63) is 57.5 Å². The van der Waals surface area contributed by atoms with Crippen molar-refractivity contribution in [1.82, 2.24) is 10.2 Å². The maximum Gasteiger partial charge on any atom is 0.287 e. The average Bonchev–Trinajstić information content (AvgIpc) is 3.05. The van der Waals surface area contributed by atoms with Gasteiger partial charge in [-0.1, -0.05) is 37.6 Å².